The minimum atomic E-state index is -3.45. The Balaban J connectivity index is 2.14. The van der Waals surface area contributed by atoms with Gasteiger partial charge >= 0.3 is 5.92 Å². The van der Waals surface area contributed by atoms with Crippen LogP contribution in [0, 0.1) is 0 Å². The summed E-state index contributed by atoms with van der Waals surface area (Å²) in [7, 11) is 1.79. The molecule has 5 heteroatoms. The van der Waals surface area contributed by atoms with Gasteiger partial charge in [0.15, 0.2) is 0 Å². The number of rotatable bonds is 3. The fourth-order valence-corrected chi connectivity index (χ4v) is 2.37. The number of piperidine rings is 1. The van der Waals surface area contributed by atoms with E-state index in [1.54, 1.807) is 13.1 Å². The minimum Gasteiger partial charge on any atom is -0.336 e. The van der Waals surface area contributed by atoms with Crippen LogP contribution in [0.5, 0.6) is 0 Å². The number of carbonyl (C=O) groups excluding carboxylic acids is 1. The fraction of sp³-hybridized carbons (Fsp3) is 0.500. The maximum Gasteiger partial charge on any atom is 0.349 e. The lowest BCUT2D eigenvalue weighted by Crippen LogP contribution is -2.51. The van der Waals surface area contributed by atoms with E-state index >= 15 is 0 Å². The lowest BCUT2D eigenvalue weighted by molar-refractivity contribution is -0.160. The average molecular weight is 268 g/mol. The first kappa shape index (κ1) is 13.9. The molecular weight excluding hydrogens is 250 g/mol. The molecule has 1 amide bonds. The number of nitrogens with one attached hydrogen (secondary N) is 1. The molecule has 0 aliphatic carbocycles. The Hall–Kier alpha value is -1.49. The summed E-state index contributed by atoms with van der Waals surface area (Å²) >= 11 is 0. The molecule has 1 atom stereocenters. The highest BCUT2D eigenvalue weighted by Crippen LogP contribution is 2.31. The van der Waals surface area contributed by atoms with Gasteiger partial charge in [-0.15, -0.1) is 0 Å². The first-order valence-corrected chi connectivity index (χ1v) is 6.45. The second-order valence-corrected chi connectivity index (χ2v) is 4.82. The van der Waals surface area contributed by atoms with Crippen LogP contribution < -0.4 is 5.32 Å². The maximum absolute atomic E-state index is 14.2. The zero-order valence-corrected chi connectivity index (χ0v) is 10.9. The molecule has 1 aromatic rings. The first-order chi connectivity index (χ1) is 9.05. The molecule has 1 fully saturated rings. The third-order valence-corrected chi connectivity index (χ3v) is 3.52. The molecule has 1 saturated heterocycles. The molecule has 1 aliphatic rings. The van der Waals surface area contributed by atoms with E-state index in [4.69, 9.17) is 0 Å². The highest BCUT2D eigenvalue weighted by Gasteiger charge is 2.44. The van der Waals surface area contributed by atoms with Crippen LogP contribution >= 0.6 is 0 Å². The zero-order valence-electron chi connectivity index (χ0n) is 10.9. The van der Waals surface area contributed by atoms with E-state index in [2.05, 4.69) is 5.32 Å². The number of likely N-dealkylation sites (tertiary alicyclic amines) is 1. The van der Waals surface area contributed by atoms with Crippen molar-refractivity contribution in [1.82, 2.24) is 10.2 Å². The van der Waals surface area contributed by atoms with Crippen molar-refractivity contribution in [3.05, 3.63) is 35.9 Å². The summed E-state index contributed by atoms with van der Waals surface area (Å²) in [6.45, 7) is 0.747. The minimum absolute atomic E-state index is 0.101. The molecule has 1 heterocycles. The Morgan fingerprint density at radius 3 is 2.68 bits per heavy atom. The van der Waals surface area contributed by atoms with Gasteiger partial charge < -0.3 is 10.2 Å². The number of carbonyl (C=O) groups is 1. The number of nitrogens with zero attached hydrogens (tertiary/aromatic N) is 1. The van der Waals surface area contributed by atoms with Gasteiger partial charge in [0.25, 0.3) is 5.91 Å². The molecule has 1 N–H and O–H groups in total. The molecule has 1 aliphatic heterocycles. The Morgan fingerprint density at radius 2 is 2.05 bits per heavy atom. The van der Waals surface area contributed by atoms with Crippen LogP contribution in [0.2, 0.25) is 0 Å². The van der Waals surface area contributed by atoms with E-state index in [-0.39, 0.29) is 11.6 Å². The normalized spacial score (nSPS) is 20.4. The van der Waals surface area contributed by atoms with E-state index in [1.165, 1.54) is 29.2 Å². The zero-order chi connectivity index (χ0) is 13.9. The van der Waals surface area contributed by atoms with Gasteiger partial charge in [-0.25, -0.2) is 0 Å². The predicted molar refractivity (Wildman–Crippen MR) is 69.0 cm³/mol. The van der Waals surface area contributed by atoms with Gasteiger partial charge in [0.2, 0.25) is 0 Å². The van der Waals surface area contributed by atoms with Gasteiger partial charge in [-0.2, -0.15) is 8.78 Å². The van der Waals surface area contributed by atoms with Crippen molar-refractivity contribution < 1.29 is 13.6 Å². The van der Waals surface area contributed by atoms with Crippen molar-refractivity contribution in [2.45, 2.75) is 24.8 Å². The lowest BCUT2D eigenvalue weighted by Gasteiger charge is -2.34. The average Bonchev–Trinajstić information content (AvgIpc) is 2.47. The van der Waals surface area contributed by atoms with Crippen LogP contribution in [0.1, 0.15) is 18.4 Å². The molecule has 0 bridgehead atoms. The molecule has 2 rings (SSSR count). The standard InChI is InChI=1S/C14H18F2N2O/c1-17-12-8-5-9-18(10-12)13(19)14(15,16)11-6-3-2-4-7-11/h2-4,6-7,12,17H,5,8-10H2,1H3. The quantitative estimate of drug-likeness (QED) is 0.909. The Labute approximate surface area is 111 Å². The van der Waals surface area contributed by atoms with Gasteiger partial charge in [0.05, 0.1) is 0 Å². The molecule has 1 aromatic carbocycles. The number of halogens is 2. The summed E-state index contributed by atoms with van der Waals surface area (Å²) in [5.41, 5.74) is -0.244. The summed E-state index contributed by atoms with van der Waals surface area (Å²) in [5, 5.41) is 3.04. The van der Waals surface area contributed by atoms with Gasteiger partial charge in [-0.1, -0.05) is 30.3 Å². The highest BCUT2D eigenvalue weighted by molar-refractivity contribution is 5.85. The van der Waals surface area contributed by atoms with Gasteiger partial charge in [-0.05, 0) is 19.9 Å². The van der Waals surface area contributed by atoms with E-state index in [1.807, 2.05) is 0 Å². The van der Waals surface area contributed by atoms with Gasteiger partial charge in [-0.3, -0.25) is 4.79 Å². The molecule has 0 saturated carbocycles. The van der Waals surface area contributed by atoms with Crippen LogP contribution in [-0.2, 0) is 10.7 Å². The molecule has 0 spiro atoms. The number of likely N-dealkylation sites (N-methyl/N-ethyl adjacent to an activating group) is 1. The number of hydrogen-bond donors (Lipinski definition) is 1. The van der Waals surface area contributed by atoms with Crippen LogP contribution in [0.25, 0.3) is 0 Å². The molecule has 104 valence electrons. The van der Waals surface area contributed by atoms with Crippen LogP contribution in [-0.4, -0.2) is 37.0 Å². The van der Waals surface area contributed by atoms with Crippen molar-refractivity contribution in [2.24, 2.45) is 0 Å². The second-order valence-electron chi connectivity index (χ2n) is 4.82. The SMILES string of the molecule is CNC1CCCN(C(=O)C(F)(F)c2ccccc2)C1. The summed E-state index contributed by atoms with van der Waals surface area (Å²) in [5.74, 6) is -4.55. The third-order valence-electron chi connectivity index (χ3n) is 3.52. The van der Waals surface area contributed by atoms with E-state index in [9.17, 15) is 13.6 Å². The molecule has 3 nitrogen and oxygen atoms in total. The van der Waals surface area contributed by atoms with Crippen molar-refractivity contribution in [1.29, 1.82) is 0 Å². The summed E-state index contributed by atoms with van der Waals surface area (Å²) in [6, 6.07) is 7.37. The van der Waals surface area contributed by atoms with E-state index in [0.717, 1.165) is 12.8 Å². The smallest absolute Gasteiger partial charge is 0.336 e. The molecule has 0 radical (unpaired) electrons. The number of amides is 1. The predicted octanol–water partition coefficient (Wildman–Crippen LogP) is 1.99. The Bertz CT molecular complexity index is 436. The van der Waals surface area contributed by atoms with Crippen molar-refractivity contribution >= 4 is 5.91 Å². The molecular formula is C14H18F2N2O. The summed E-state index contributed by atoms with van der Waals surface area (Å²) in [6.07, 6.45) is 1.67. The van der Waals surface area contributed by atoms with E-state index < -0.39 is 11.8 Å². The summed E-state index contributed by atoms with van der Waals surface area (Å²) < 4.78 is 28.3. The third kappa shape index (κ3) is 2.92. The van der Waals surface area contributed by atoms with Crippen molar-refractivity contribution in [2.75, 3.05) is 20.1 Å². The van der Waals surface area contributed by atoms with E-state index in [0.29, 0.717) is 13.1 Å². The summed E-state index contributed by atoms with van der Waals surface area (Å²) in [4.78, 5) is 13.3. The fourth-order valence-electron chi connectivity index (χ4n) is 2.37. The maximum atomic E-state index is 14.2. The first-order valence-electron chi connectivity index (χ1n) is 6.45. The molecule has 19 heavy (non-hydrogen) atoms. The number of hydrogen-bond acceptors (Lipinski definition) is 2. The van der Waals surface area contributed by atoms with Crippen LogP contribution in [0.4, 0.5) is 8.78 Å². The second kappa shape index (κ2) is 5.65. The topological polar surface area (TPSA) is 32.3 Å². The van der Waals surface area contributed by atoms with Gasteiger partial charge in [0.1, 0.15) is 0 Å². The molecule has 0 aromatic heterocycles. The number of benzene rings is 1. The Morgan fingerprint density at radius 1 is 1.37 bits per heavy atom. The monoisotopic (exact) mass is 268 g/mol. The van der Waals surface area contributed by atoms with Crippen LogP contribution in [0.15, 0.2) is 30.3 Å². The van der Waals surface area contributed by atoms with Gasteiger partial charge in [0, 0.05) is 24.7 Å². The Kier molecular flexibility index (Phi) is 4.14. The highest BCUT2D eigenvalue weighted by atomic mass is 19.3. The number of alkyl halides is 2. The lowest BCUT2D eigenvalue weighted by atomic mass is 10.0. The van der Waals surface area contributed by atoms with Crippen molar-refractivity contribution in [3.8, 4) is 0 Å². The van der Waals surface area contributed by atoms with Crippen LogP contribution in [0.3, 0.4) is 0 Å². The largest absolute Gasteiger partial charge is 0.349 e. The molecule has 1 unspecified atom stereocenters. The van der Waals surface area contributed by atoms with Crippen molar-refractivity contribution in [3.63, 3.8) is 0 Å².